The van der Waals surface area contributed by atoms with Gasteiger partial charge < -0.3 is 19.0 Å². The second kappa shape index (κ2) is 14.1. The van der Waals surface area contributed by atoms with E-state index in [1.165, 1.54) is 0 Å². The van der Waals surface area contributed by atoms with Crippen molar-refractivity contribution in [3.8, 4) is 11.1 Å². The molecular formula is C35H35NO7. The lowest BCUT2D eigenvalue weighted by Crippen LogP contribution is -2.42. The van der Waals surface area contributed by atoms with Crippen molar-refractivity contribution in [3.05, 3.63) is 119 Å². The maximum Gasteiger partial charge on any atom is 0.417 e. The van der Waals surface area contributed by atoms with Crippen LogP contribution in [0, 0.1) is 12.8 Å². The Morgan fingerprint density at radius 3 is 2.44 bits per heavy atom. The number of Topliss-reactive ketones (excluding diaryl/α,β-unsaturated/α-hetero) is 1. The molecule has 1 fully saturated rings. The predicted octanol–water partition coefficient (Wildman–Crippen LogP) is 5.96. The summed E-state index contributed by atoms with van der Waals surface area (Å²) < 4.78 is 16.9. The summed E-state index contributed by atoms with van der Waals surface area (Å²) in [5.74, 6) is -1.68. The third-order valence-electron chi connectivity index (χ3n) is 7.50. The van der Waals surface area contributed by atoms with Gasteiger partial charge in [-0.1, -0.05) is 90.5 Å². The molecule has 2 heterocycles. The Balaban J connectivity index is 1.50. The molecule has 1 aliphatic rings. The Morgan fingerprint density at radius 1 is 0.977 bits per heavy atom. The van der Waals surface area contributed by atoms with Crippen LogP contribution in [0.25, 0.3) is 11.1 Å². The van der Waals surface area contributed by atoms with Gasteiger partial charge in [0.05, 0.1) is 13.2 Å². The number of rotatable bonds is 13. The molecule has 1 N–H and O–H groups in total. The zero-order valence-electron chi connectivity index (χ0n) is 24.1. The first-order valence-electron chi connectivity index (χ1n) is 14.5. The molecule has 0 aliphatic carbocycles. The minimum Gasteiger partial charge on any atom is -0.457 e. The summed E-state index contributed by atoms with van der Waals surface area (Å²) in [5.41, 5.74) is 4.25. The molecule has 8 heteroatoms. The van der Waals surface area contributed by atoms with Crippen LogP contribution in [0.4, 0.5) is 4.79 Å². The summed E-state index contributed by atoms with van der Waals surface area (Å²) in [6.45, 7) is 2.62. The van der Waals surface area contributed by atoms with Gasteiger partial charge in [-0.05, 0) is 42.5 Å². The van der Waals surface area contributed by atoms with Crippen molar-refractivity contribution in [3.63, 3.8) is 0 Å². The number of aliphatic hydroxyl groups excluding tert-OH is 1. The summed E-state index contributed by atoms with van der Waals surface area (Å²) in [6, 6.07) is 27.4. The number of amides is 2. The number of ketones is 1. The minimum absolute atomic E-state index is 0.0155. The standard InChI is InChI=1S/C35H35NO7/c1-24-10-8-15-27(20-24)28-22-32(43-31(28)16-9-18-41-19-17-37)33(38)29(21-25-11-4-2-5-12-25)34(39)36-30(23-42-35(36)40)26-13-6-3-7-14-26/h2-8,10-15,20,22,29-30,37H,9,16-19,21,23H2,1H3. The van der Waals surface area contributed by atoms with Gasteiger partial charge >= 0.3 is 6.09 Å². The highest BCUT2D eigenvalue weighted by atomic mass is 16.6. The molecule has 3 aromatic carbocycles. The van der Waals surface area contributed by atoms with Gasteiger partial charge in [-0.3, -0.25) is 9.59 Å². The molecular weight excluding hydrogens is 546 g/mol. The number of benzene rings is 3. The maximum atomic E-state index is 14.2. The highest BCUT2D eigenvalue weighted by molar-refractivity contribution is 6.12. The molecule has 2 amide bonds. The number of nitrogens with zero attached hydrogens (tertiary/aromatic N) is 1. The fourth-order valence-electron chi connectivity index (χ4n) is 5.36. The van der Waals surface area contributed by atoms with E-state index in [1.807, 2.05) is 91.9 Å². The number of carbonyl (C=O) groups excluding carboxylic acids is 3. The fraction of sp³-hybridized carbons (Fsp3) is 0.286. The first kappa shape index (κ1) is 29.9. The average molecular weight is 582 g/mol. The van der Waals surface area contributed by atoms with E-state index in [0.717, 1.165) is 32.7 Å². The highest BCUT2D eigenvalue weighted by Gasteiger charge is 2.44. The van der Waals surface area contributed by atoms with Crippen LogP contribution in [0.1, 0.15) is 45.5 Å². The van der Waals surface area contributed by atoms with Gasteiger partial charge in [-0.25, -0.2) is 9.69 Å². The van der Waals surface area contributed by atoms with Crippen molar-refractivity contribution in [1.82, 2.24) is 4.90 Å². The third kappa shape index (κ3) is 7.10. The van der Waals surface area contributed by atoms with Gasteiger partial charge in [0.25, 0.3) is 0 Å². The normalized spacial score (nSPS) is 15.3. The van der Waals surface area contributed by atoms with Crippen LogP contribution in [0.5, 0.6) is 0 Å². The van der Waals surface area contributed by atoms with Crippen LogP contribution in [-0.4, -0.2) is 54.2 Å². The molecule has 222 valence electrons. The number of cyclic esters (lactones) is 1. The number of carbonyl (C=O) groups is 3. The van der Waals surface area contributed by atoms with Crippen LogP contribution in [0.2, 0.25) is 0 Å². The molecule has 1 saturated heterocycles. The van der Waals surface area contributed by atoms with Crippen LogP contribution in [0.15, 0.2) is 95.4 Å². The van der Waals surface area contributed by atoms with E-state index in [9.17, 15) is 14.4 Å². The maximum absolute atomic E-state index is 14.2. The molecule has 8 nitrogen and oxygen atoms in total. The molecule has 1 aromatic heterocycles. The van der Waals surface area contributed by atoms with Crippen molar-refractivity contribution >= 4 is 17.8 Å². The Kier molecular flexibility index (Phi) is 9.81. The quantitative estimate of drug-likeness (QED) is 0.118. The van der Waals surface area contributed by atoms with E-state index in [0.29, 0.717) is 25.2 Å². The number of ether oxygens (including phenoxy) is 2. The number of hydrogen-bond acceptors (Lipinski definition) is 7. The van der Waals surface area contributed by atoms with Crippen LogP contribution in [-0.2, 0) is 27.1 Å². The highest BCUT2D eigenvalue weighted by Crippen LogP contribution is 2.34. The Bertz CT molecular complexity index is 1550. The zero-order valence-corrected chi connectivity index (χ0v) is 24.1. The number of hydrogen-bond donors (Lipinski definition) is 1. The largest absolute Gasteiger partial charge is 0.457 e. The fourth-order valence-corrected chi connectivity index (χ4v) is 5.36. The monoisotopic (exact) mass is 581 g/mol. The Hall–Kier alpha value is -4.53. The van der Waals surface area contributed by atoms with Crippen LogP contribution in [0.3, 0.4) is 0 Å². The minimum atomic E-state index is -1.21. The first-order chi connectivity index (χ1) is 21.0. The van der Waals surface area contributed by atoms with E-state index < -0.39 is 29.7 Å². The summed E-state index contributed by atoms with van der Waals surface area (Å²) in [4.78, 5) is 42.4. The van der Waals surface area contributed by atoms with Crippen molar-refractivity contribution in [2.45, 2.75) is 32.2 Å². The van der Waals surface area contributed by atoms with E-state index in [-0.39, 0.29) is 32.0 Å². The zero-order chi connectivity index (χ0) is 30.2. The number of aryl methyl sites for hydroxylation is 2. The van der Waals surface area contributed by atoms with Gasteiger partial charge in [0.1, 0.15) is 24.3 Å². The van der Waals surface area contributed by atoms with Crippen molar-refractivity contribution in [2.24, 2.45) is 5.92 Å². The van der Waals surface area contributed by atoms with Crippen molar-refractivity contribution in [2.75, 3.05) is 26.4 Å². The first-order valence-corrected chi connectivity index (χ1v) is 14.5. The topological polar surface area (TPSA) is 106 Å². The summed E-state index contributed by atoms with van der Waals surface area (Å²) in [7, 11) is 0. The lowest BCUT2D eigenvalue weighted by Gasteiger charge is -2.24. The molecule has 2 unspecified atom stereocenters. The van der Waals surface area contributed by atoms with Crippen molar-refractivity contribution in [1.29, 1.82) is 0 Å². The van der Waals surface area contributed by atoms with Gasteiger partial charge in [0, 0.05) is 18.6 Å². The molecule has 2 atom stereocenters. The van der Waals surface area contributed by atoms with Crippen LogP contribution >= 0.6 is 0 Å². The molecule has 43 heavy (non-hydrogen) atoms. The molecule has 4 aromatic rings. The summed E-state index contributed by atoms with van der Waals surface area (Å²) in [5, 5.41) is 9.00. The second-order valence-corrected chi connectivity index (χ2v) is 10.6. The lowest BCUT2D eigenvalue weighted by molar-refractivity contribution is -0.132. The van der Waals surface area contributed by atoms with E-state index in [1.54, 1.807) is 6.07 Å². The van der Waals surface area contributed by atoms with E-state index >= 15 is 0 Å². The second-order valence-electron chi connectivity index (χ2n) is 10.6. The summed E-state index contributed by atoms with van der Waals surface area (Å²) in [6.07, 6.45) is 0.431. The van der Waals surface area contributed by atoms with Gasteiger partial charge in [-0.2, -0.15) is 0 Å². The van der Waals surface area contributed by atoms with Crippen LogP contribution < -0.4 is 0 Å². The van der Waals surface area contributed by atoms with Crippen molar-refractivity contribution < 1.29 is 33.4 Å². The molecule has 0 radical (unpaired) electrons. The van der Waals surface area contributed by atoms with E-state index in [2.05, 4.69) is 0 Å². The number of aliphatic hydroxyl groups is 1. The molecule has 0 saturated carbocycles. The summed E-state index contributed by atoms with van der Waals surface area (Å²) >= 11 is 0. The third-order valence-corrected chi connectivity index (χ3v) is 7.50. The predicted molar refractivity (Wildman–Crippen MR) is 160 cm³/mol. The molecule has 0 bridgehead atoms. The SMILES string of the molecule is Cc1cccc(-c2cc(C(=O)C(Cc3ccccc3)C(=O)N3C(=O)OCC3c3ccccc3)oc2CCCOCCO)c1. The molecule has 1 aliphatic heterocycles. The molecule has 0 spiro atoms. The van der Waals surface area contributed by atoms with Gasteiger partial charge in [0.2, 0.25) is 11.7 Å². The Morgan fingerprint density at radius 2 is 1.72 bits per heavy atom. The number of imide groups is 1. The Labute approximate surface area is 250 Å². The van der Waals surface area contributed by atoms with Gasteiger partial charge in [-0.15, -0.1) is 0 Å². The van der Waals surface area contributed by atoms with E-state index in [4.69, 9.17) is 19.0 Å². The number of furan rings is 1. The smallest absolute Gasteiger partial charge is 0.417 e. The molecule has 5 rings (SSSR count). The van der Waals surface area contributed by atoms with Gasteiger partial charge in [0.15, 0.2) is 5.76 Å². The average Bonchev–Trinajstić information content (AvgIpc) is 3.64. The lowest BCUT2D eigenvalue weighted by atomic mass is 9.91.